The van der Waals surface area contributed by atoms with Gasteiger partial charge in [-0.05, 0) is 41.8 Å². The van der Waals surface area contributed by atoms with Crippen LogP contribution in [0.25, 0.3) is 0 Å². The van der Waals surface area contributed by atoms with Crippen LogP contribution in [0.1, 0.15) is 45.6 Å². The molecule has 2 N–H and O–H groups in total. The fourth-order valence-electron chi connectivity index (χ4n) is 3.37. The van der Waals surface area contributed by atoms with E-state index in [1.54, 1.807) is 23.1 Å². The van der Waals surface area contributed by atoms with Gasteiger partial charge in [-0.1, -0.05) is 45.9 Å². The molecule has 1 heterocycles. The second-order valence-electron chi connectivity index (χ2n) is 8.37. The highest BCUT2D eigenvalue weighted by atomic mass is 16.2. The van der Waals surface area contributed by atoms with E-state index in [-0.39, 0.29) is 30.1 Å². The Balaban J connectivity index is 1.66. The second kappa shape index (κ2) is 9.11. The monoisotopic (exact) mass is 407 g/mol. The van der Waals surface area contributed by atoms with Crippen LogP contribution in [-0.4, -0.2) is 24.3 Å². The van der Waals surface area contributed by atoms with E-state index in [9.17, 15) is 14.4 Å². The van der Waals surface area contributed by atoms with Gasteiger partial charge in [0.15, 0.2) is 0 Å². The van der Waals surface area contributed by atoms with Crippen molar-refractivity contribution in [2.75, 3.05) is 22.1 Å². The van der Waals surface area contributed by atoms with E-state index in [4.69, 9.17) is 0 Å². The number of nitrogens with zero attached hydrogens (tertiary/aromatic N) is 1. The first-order valence-electron chi connectivity index (χ1n) is 10.4. The van der Waals surface area contributed by atoms with Crippen LogP contribution < -0.4 is 15.5 Å². The highest BCUT2D eigenvalue weighted by Crippen LogP contribution is 2.28. The summed E-state index contributed by atoms with van der Waals surface area (Å²) in [6.45, 7) is 8.20. The number of benzene rings is 2. The SMILES string of the molecule is CC(C)C(=O)Nc1cccc(N2C[C@@H](C(=O)Nc3ccc(C(C)C)cc3)CC2=O)c1. The molecule has 1 saturated heterocycles. The van der Waals surface area contributed by atoms with Gasteiger partial charge in [-0.15, -0.1) is 0 Å². The van der Waals surface area contributed by atoms with Gasteiger partial charge in [0.25, 0.3) is 0 Å². The lowest BCUT2D eigenvalue weighted by atomic mass is 10.0. The Morgan fingerprint density at radius 1 is 0.967 bits per heavy atom. The van der Waals surface area contributed by atoms with Crippen LogP contribution in [0.5, 0.6) is 0 Å². The third-order valence-electron chi connectivity index (χ3n) is 5.29. The molecule has 0 radical (unpaired) electrons. The number of anilines is 3. The summed E-state index contributed by atoms with van der Waals surface area (Å²) < 4.78 is 0. The summed E-state index contributed by atoms with van der Waals surface area (Å²) in [5, 5.41) is 5.76. The fraction of sp³-hybridized carbons (Fsp3) is 0.375. The molecule has 1 fully saturated rings. The standard InChI is InChI=1S/C24H29N3O3/c1-15(2)17-8-10-19(11-9-17)25-24(30)18-12-22(28)27(14-18)21-7-5-6-20(13-21)26-23(29)16(3)4/h5-11,13,15-16,18H,12,14H2,1-4H3,(H,25,30)(H,26,29)/t18-/m0/s1. The van der Waals surface area contributed by atoms with Crippen molar-refractivity contribution >= 4 is 34.8 Å². The number of rotatable bonds is 6. The number of amides is 3. The maximum atomic E-state index is 12.7. The van der Waals surface area contributed by atoms with Crippen molar-refractivity contribution in [1.82, 2.24) is 0 Å². The van der Waals surface area contributed by atoms with Crippen LogP contribution in [0.4, 0.5) is 17.1 Å². The molecule has 6 nitrogen and oxygen atoms in total. The molecule has 6 heteroatoms. The molecule has 30 heavy (non-hydrogen) atoms. The summed E-state index contributed by atoms with van der Waals surface area (Å²) in [4.78, 5) is 38.8. The molecule has 2 aromatic rings. The molecule has 0 bridgehead atoms. The van der Waals surface area contributed by atoms with Gasteiger partial charge in [0.05, 0.1) is 5.92 Å². The van der Waals surface area contributed by atoms with E-state index in [0.29, 0.717) is 23.8 Å². The fourth-order valence-corrected chi connectivity index (χ4v) is 3.37. The van der Waals surface area contributed by atoms with E-state index in [1.165, 1.54) is 5.56 Å². The highest BCUT2D eigenvalue weighted by molar-refractivity contribution is 6.04. The van der Waals surface area contributed by atoms with E-state index in [2.05, 4.69) is 24.5 Å². The average molecular weight is 408 g/mol. The minimum atomic E-state index is -0.420. The van der Waals surface area contributed by atoms with Crippen LogP contribution in [0.3, 0.4) is 0 Å². The Kier molecular flexibility index (Phi) is 6.55. The second-order valence-corrected chi connectivity index (χ2v) is 8.37. The zero-order chi connectivity index (χ0) is 21.8. The van der Waals surface area contributed by atoms with Crippen molar-refractivity contribution in [3.63, 3.8) is 0 Å². The third-order valence-corrected chi connectivity index (χ3v) is 5.29. The van der Waals surface area contributed by atoms with Gasteiger partial charge in [0.1, 0.15) is 0 Å². The van der Waals surface area contributed by atoms with E-state index in [0.717, 1.165) is 5.69 Å². The van der Waals surface area contributed by atoms with Crippen LogP contribution in [0, 0.1) is 11.8 Å². The Bertz CT molecular complexity index is 935. The zero-order valence-electron chi connectivity index (χ0n) is 17.9. The quantitative estimate of drug-likeness (QED) is 0.745. The molecule has 0 aromatic heterocycles. The Labute approximate surface area is 177 Å². The van der Waals surface area contributed by atoms with Crippen LogP contribution in [0.15, 0.2) is 48.5 Å². The predicted octanol–water partition coefficient (Wildman–Crippen LogP) is 4.40. The molecule has 0 saturated carbocycles. The first-order chi connectivity index (χ1) is 14.2. The number of carbonyl (C=O) groups excluding carboxylic acids is 3. The normalized spacial score (nSPS) is 16.3. The van der Waals surface area contributed by atoms with Gasteiger partial charge in [-0.25, -0.2) is 0 Å². The van der Waals surface area contributed by atoms with Crippen LogP contribution >= 0.6 is 0 Å². The lowest BCUT2D eigenvalue weighted by molar-refractivity contribution is -0.122. The summed E-state index contributed by atoms with van der Waals surface area (Å²) in [5.41, 5.74) is 3.25. The number of hydrogen-bond acceptors (Lipinski definition) is 3. The van der Waals surface area contributed by atoms with Crippen molar-refractivity contribution in [2.24, 2.45) is 11.8 Å². The Hall–Kier alpha value is -3.15. The number of hydrogen-bond donors (Lipinski definition) is 2. The Morgan fingerprint density at radius 2 is 1.67 bits per heavy atom. The van der Waals surface area contributed by atoms with Crippen molar-refractivity contribution in [3.05, 3.63) is 54.1 Å². The predicted molar refractivity (Wildman–Crippen MR) is 120 cm³/mol. The molecular weight excluding hydrogens is 378 g/mol. The lowest BCUT2D eigenvalue weighted by Gasteiger charge is -2.18. The van der Waals surface area contributed by atoms with Crippen molar-refractivity contribution in [2.45, 2.75) is 40.0 Å². The molecule has 1 atom stereocenters. The van der Waals surface area contributed by atoms with E-state index in [1.807, 2.05) is 44.2 Å². The minimum Gasteiger partial charge on any atom is -0.326 e. The molecule has 1 aliphatic rings. The van der Waals surface area contributed by atoms with Crippen molar-refractivity contribution in [3.8, 4) is 0 Å². The molecule has 2 aromatic carbocycles. The molecule has 0 spiro atoms. The van der Waals surface area contributed by atoms with Gasteiger partial charge in [-0.2, -0.15) is 0 Å². The van der Waals surface area contributed by atoms with Gasteiger partial charge < -0.3 is 15.5 Å². The van der Waals surface area contributed by atoms with E-state index >= 15 is 0 Å². The van der Waals surface area contributed by atoms with Crippen molar-refractivity contribution in [1.29, 1.82) is 0 Å². The topological polar surface area (TPSA) is 78.5 Å². The highest BCUT2D eigenvalue weighted by Gasteiger charge is 2.35. The Morgan fingerprint density at radius 3 is 2.30 bits per heavy atom. The summed E-state index contributed by atoms with van der Waals surface area (Å²) in [6.07, 6.45) is 0.165. The third kappa shape index (κ3) is 5.06. The summed E-state index contributed by atoms with van der Waals surface area (Å²) in [6, 6.07) is 15.0. The first kappa shape index (κ1) is 21.6. The maximum Gasteiger partial charge on any atom is 0.229 e. The molecule has 0 unspecified atom stereocenters. The molecule has 3 amide bonds. The number of nitrogens with one attached hydrogen (secondary N) is 2. The van der Waals surface area contributed by atoms with E-state index < -0.39 is 5.92 Å². The molecule has 158 valence electrons. The smallest absolute Gasteiger partial charge is 0.229 e. The zero-order valence-corrected chi connectivity index (χ0v) is 17.9. The molecule has 0 aliphatic carbocycles. The number of carbonyl (C=O) groups is 3. The molecule has 1 aliphatic heterocycles. The van der Waals surface area contributed by atoms with Gasteiger partial charge in [0, 0.05) is 35.9 Å². The molecule has 3 rings (SSSR count). The summed E-state index contributed by atoms with van der Waals surface area (Å²) in [7, 11) is 0. The van der Waals surface area contributed by atoms with Gasteiger partial charge in [-0.3, -0.25) is 14.4 Å². The summed E-state index contributed by atoms with van der Waals surface area (Å²) >= 11 is 0. The van der Waals surface area contributed by atoms with Crippen LogP contribution in [0.2, 0.25) is 0 Å². The minimum absolute atomic E-state index is 0.0827. The van der Waals surface area contributed by atoms with Gasteiger partial charge in [0.2, 0.25) is 17.7 Å². The lowest BCUT2D eigenvalue weighted by Crippen LogP contribution is -2.28. The van der Waals surface area contributed by atoms with Gasteiger partial charge >= 0.3 is 0 Å². The molecular formula is C24H29N3O3. The maximum absolute atomic E-state index is 12.7. The van der Waals surface area contributed by atoms with Crippen molar-refractivity contribution < 1.29 is 14.4 Å². The van der Waals surface area contributed by atoms with Crippen LogP contribution in [-0.2, 0) is 14.4 Å². The average Bonchev–Trinajstić information content (AvgIpc) is 3.10. The first-order valence-corrected chi connectivity index (χ1v) is 10.4. The largest absolute Gasteiger partial charge is 0.326 e. The summed E-state index contributed by atoms with van der Waals surface area (Å²) in [5.74, 6) is -0.469.